The smallest absolute Gasteiger partial charge is 0.291 e. The van der Waals surface area contributed by atoms with Crippen LogP contribution in [-0.2, 0) is 10.0 Å². The summed E-state index contributed by atoms with van der Waals surface area (Å²) in [6.07, 6.45) is 0. The Hall–Kier alpha value is -3.60. The Bertz CT molecular complexity index is 1440. The van der Waals surface area contributed by atoms with Crippen molar-refractivity contribution < 1.29 is 18.0 Å². The summed E-state index contributed by atoms with van der Waals surface area (Å²) in [6, 6.07) is 21.2. The van der Waals surface area contributed by atoms with Gasteiger partial charge in [0.25, 0.3) is 20.3 Å². The number of hydrogen-bond acceptors (Lipinski definition) is 7. The topological polar surface area (TPSA) is 118 Å². The molecule has 11 heteroatoms. The van der Waals surface area contributed by atoms with E-state index in [4.69, 9.17) is 11.6 Å². The average molecular weight is 499 g/mol. The number of nitrogens with one attached hydrogen (secondary N) is 2. The van der Waals surface area contributed by atoms with Gasteiger partial charge >= 0.3 is 0 Å². The Morgan fingerprint density at radius 2 is 1.45 bits per heavy atom. The lowest BCUT2D eigenvalue weighted by Crippen LogP contribution is -2.15. The molecule has 0 aliphatic carbocycles. The van der Waals surface area contributed by atoms with E-state index in [1.165, 1.54) is 18.2 Å². The number of amides is 1. The molecule has 4 aromatic rings. The van der Waals surface area contributed by atoms with Crippen molar-refractivity contribution in [3.63, 3.8) is 0 Å². The van der Waals surface area contributed by atoms with Gasteiger partial charge in [0.1, 0.15) is 0 Å². The fourth-order valence-corrected chi connectivity index (χ4v) is 5.08. The molecule has 1 amide bonds. The number of sulfonamides is 1. The van der Waals surface area contributed by atoms with E-state index in [-0.39, 0.29) is 37.1 Å². The number of aromatic nitrogens is 2. The highest BCUT2D eigenvalue weighted by Gasteiger charge is 2.24. The van der Waals surface area contributed by atoms with Crippen LogP contribution in [0.1, 0.15) is 26.3 Å². The van der Waals surface area contributed by atoms with Crippen LogP contribution in [0.4, 0.5) is 10.8 Å². The van der Waals surface area contributed by atoms with E-state index in [0.717, 1.165) is 0 Å². The molecule has 1 heterocycles. The Labute approximate surface area is 198 Å². The molecule has 0 fully saturated rings. The minimum atomic E-state index is -4.17. The molecule has 0 saturated carbocycles. The molecule has 1 aromatic heterocycles. The van der Waals surface area contributed by atoms with Crippen molar-refractivity contribution >= 4 is 55.5 Å². The summed E-state index contributed by atoms with van der Waals surface area (Å²) in [4.78, 5) is 25.2. The molecule has 0 spiro atoms. The third-order valence-electron chi connectivity index (χ3n) is 4.43. The molecule has 2 N–H and O–H groups in total. The van der Waals surface area contributed by atoms with Gasteiger partial charge < -0.3 is 0 Å². The van der Waals surface area contributed by atoms with Crippen molar-refractivity contribution in [1.82, 2.24) is 10.2 Å². The summed E-state index contributed by atoms with van der Waals surface area (Å²) in [5, 5.41) is 10.1. The number of carbonyl (C=O) groups is 2. The average Bonchev–Trinajstić information content (AvgIpc) is 3.29. The maximum Gasteiger partial charge on any atom is 0.291 e. The van der Waals surface area contributed by atoms with Crippen LogP contribution < -0.4 is 10.0 Å². The second kappa shape index (κ2) is 9.49. The zero-order valence-electron chi connectivity index (χ0n) is 16.7. The molecule has 4 rings (SSSR count). The minimum Gasteiger partial charge on any atom is -0.296 e. The lowest BCUT2D eigenvalue weighted by molar-refractivity contribution is 0.102. The molecule has 0 saturated heterocycles. The fraction of sp³-hybridized carbons (Fsp3) is 0. The maximum atomic E-state index is 12.9. The van der Waals surface area contributed by atoms with Gasteiger partial charge in [-0.1, -0.05) is 77.5 Å². The first kappa shape index (κ1) is 22.6. The quantitative estimate of drug-likeness (QED) is 0.286. The number of halogens is 1. The summed E-state index contributed by atoms with van der Waals surface area (Å²) in [5.74, 6) is -0.883. The third kappa shape index (κ3) is 5.08. The van der Waals surface area contributed by atoms with E-state index in [9.17, 15) is 18.0 Å². The van der Waals surface area contributed by atoms with E-state index < -0.39 is 15.9 Å². The van der Waals surface area contributed by atoms with Crippen molar-refractivity contribution in [1.29, 1.82) is 0 Å². The molecule has 3 aromatic carbocycles. The molecule has 0 bridgehead atoms. The van der Waals surface area contributed by atoms with E-state index in [1.807, 2.05) is 0 Å². The number of carbonyl (C=O) groups excluding carboxylic acids is 2. The highest BCUT2D eigenvalue weighted by atomic mass is 35.5. The molecule has 33 heavy (non-hydrogen) atoms. The second-order valence-electron chi connectivity index (χ2n) is 6.65. The van der Waals surface area contributed by atoms with Crippen LogP contribution in [0.5, 0.6) is 0 Å². The molecule has 8 nitrogen and oxygen atoms in total. The highest BCUT2D eigenvalue weighted by Crippen LogP contribution is 2.26. The first-order valence-electron chi connectivity index (χ1n) is 9.46. The van der Waals surface area contributed by atoms with E-state index in [2.05, 4.69) is 20.2 Å². The van der Waals surface area contributed by atoms with E-state index >= 15 is 0 Å². The summed E-state index contributed by atoms with van der Waals surface area (Å²) in [7, 11) is -4.17. The van der Waals surface area contributed by atoms with Crippen LogP contribution in [-0.4, -0.2) is 30.3 Å². The third-order valence-corrected chi connectivity index (χ3v) is 7.33. The van der Waals surface area contributed by atoms with E-state index in [0.29, 0.717) is 16.9 Å². The summed E-state index contributed by atoms with van der Waals surface area (Å²) < 4.78 is 27.8. The molecule has 0 unspecified atom stereocenters. The molecule has 166 valence electrons. The highest BCUT2D eigenvalue weighted by molar-refractivity contribution is 7.94. The van der Waals surface area contributed by atoms with Gasteiger partial charge in [-0.05, 0) is 24.3 Å². The zero-order valence-corrected chi connectivity index (χ0v) is 19.1. The molecule has 0 atom stereocenters. The van der Waals surface area contributed by atoms with Gasteiger partial charge in [0.2, 0.25) is 5.13 Å². The molecular weight excluding hydrogens is 484 g/mol. The lowest BCUT2D eigenvalue weighted by atomic mass is 10.0. The monoisotopic (exact) mass is 498 g/mol. The van der Waals surface area contributed by atoms with Crippen molar-refractivity contribution in [2.75, 3.05) is 10.0 Å². The van der Waals surface area contributed by atoms with Crippen LogP contribution in [0.3, 0.4) is 0 Å². The number of rotatable bonds is 7. The number of nitrogens with zero attached hydrogens (tertiary/aromatic N) is 2. The zero-order chi connectivity index (χ0) is 23.4. The van der Waals surface area contributed by atoms with Crippen molar-refractivity contribution in [2.45, 2.75) is 4.34 Å². The van der Waals surface area contributed by atoms with Crippen LogP contribution in [0, 0.1) is 0 Å². The molecular formula is C22H15ClN4O4S2. The Balaban J connectivity index is 1.55. The van der Waals surface area contributed by atoms with Gasteiger partial charge in [0.15, 0.2) is 5.78 Å². The van der Waals surface area contributed by atoms with E-state index in [1.54, 1.807) is 60.7 Å². The molecule has 0 radical (unpaired) electrons. The number of benzene rings is 3. The summed E-state index contributed by atoms with van der Waals surface area (Å²) in [6.45, 7) is 0. The van der Waals surface area contributed by atoms with Gasteiger partial charge in [0, 0.05) is 11.1 Å². The van der Waals surface area contributed by atoms with Gasteiger partial charge in [0.05, 0.1) is 16.3 Å². The minimum absolute atomic E-state index is 0.0195. The largest absolute Gasteiger partial charge is 0.296 e. The Morgan fingerprint density at radius 1 is 0.818 bits per heavy atom. The standard InChI is InChI=1S/C22H15ClN4O4S2/c23-17-12-6-4-10-15(17)20(29)24-21-25-26-22(32-21)33(30,31)27-18-13-7-5-11-16(18)19(28)14-8-2-1-3-9-14/h1-13,27H,(H,24,25,29). The van der Waals surface area contributed by atoms with Crippen molar-refractivity contribution in [3.8, 4) is 0 Å². The predicted molar refractivity (Wildman–Crippen MR) is 126 cm³/mol. The maximum absolute atomic E-state index is 12.9. The summed E-state index contributed by atoms with van der Waals surface area (Å²) in [5.41, 5.74) is 0.919. The number of para-hydroxylation sites is 1. The normalized spacial score (nSPS) is 11.1. The number of ketones is 1. The van der Waals surface area contributed by atoms with Crippen molar-refractivity contribution in [2.24, 2.45) is 0 Å². The fourth-order valence-electron chi connectivity index (χ4n) is 2.88. The number of anilines is 2. The molecule has 0 aliphatic heterocycles. The van der Waals surface area contributed by atoms with Gasteiger partial charge in [-0.15, -0.1) is 10.2 Å². The van der Waals surface area contributed by atoms with Crippen LogP contribution in [0.2, 0.25) is 5.02 Å². The Morgan fingerprint density at radius 3 is 2.18 bits per heavy atom. The van der Waals surface area contributed by atoms with Crippen molar-refractivity contribution in [3.05, 3.63) is 101 Å². The Kier molecular flexibility index (Phi) is 6.50. The van der Waals surface area contributed by atoms with Crippen LogP contribution >= 0.6 is 22.9 Å². The van der Waals surface area contributed by atoms with Gasteiger partial charge in [-0.25, -0.2) is 0 Å². The second-order valence-corrected chi connectivity index (χ2v) is 9.89. The predicted octanol–water partition coefficient (Wildman–Crippen LogP) is 4.48. The van der Waals surface area contributed by atoms with Crippen LogP contribution in [0.15, 0.2) is 83.2 Å². The lowest BCUT2D eigenvalue weighted by Gasteiger charge is -2.10. The first-order valence-corrected chi connectivity index (χ1v) is 12.1. The van der Waals surface area contributed by atoms with Gasteiger partial charge in [-0.2, -0.15) is 8.42 Å². The first-order chi connectivity index (χ1) is 15.8. The SMILES string of the molecule is O=C(Nc1nnc(S(=O)(=O)Nc2ccccc2C(=O)c2ccccc2)s1)c1ccccc1Cl. The molecule has 0 aliphatic rings. The number of hydrogen-bond donors (Lipinski definition) is 2. The summed E-state index contributed by atoms with van der Waals surface area (Å²) >= 11 is 6.68. The van der Waals surface area contributed by atoms with Crippen LogP contribution in [0.25, 0.3) is 0 Å². The van der Waals surface area contributed by atoms with Gasteiger partial charge in [-0.3, -0.25) is 19.6 Å².